The summed E-state index contributed by atoms with van der Waals surface area (Å²) in [6, 6.07) is 5.76. The molecule has 0 aliphatic carbocycles. The zero-order chi connectivity index (χ0) is 10.6. The zero-order valence-electron chi connectivity index (χ0n) is 8.43. The van der Waals surface area contributed by atoms with E-state index in [0.29, 0.717) is 5.56 Å². The predicted octanol–water partition coefficient (Wildman–Crippen LogP) is 2.90. The van der Waals surface area contributed by atoms with Crippen LogP contribution in [0, 0.1) is 6.92 Å². The van der Waals surface area contributed by atoms with Crippen molar-refractivity contribution >= 4 is 21.8 Å². The number of hydrogen-bond acceptors (Lipinski definition) is 1. The fraction of sp³-hybridized carbons (Fsp3) is 0.364. The Morgan fingerprint density at radius 1 is 1.50 bits per heavy atom. The van der Waals surface area contributed by atoms with Crippen molar-refractivity contribution in [1.82, 2.24) is 5.32 Å². The average molecular weight is 256 g/mol. The van der Waals surface area contributed by atoms with Crippen LogP contribution in [0.5, 0.6) is 0 Å². The molecule has 0 atom stereocenters. The molecule has 0 bridgehead atoms. The van der Waals surface area contributed by atoms with Gasteiger partial charge in [0.2, 0.25) is 0 Å². The van der Waals surface area contributed by atoms with Gasteiger partial charge in [-0.15, -0.1) is 0 Å². The Hall–Kier alpha value is -0.830. The van der Waals surface area contributed by atoms with E-state index in [1.54, 1.807) is 0 Å². The van der Waals surface area contributed by atoms with E-state index in [9.17, 15) is 4.79 Å². The van der Waals surface area contributed by atoms with Crippen molar-refractivity contribution in [2.24, 2.45) is 0 Å². The van der Waals surface area contributed by atoms with Crippen LogP contribution in [-0.4, -0.2) is 12.5 Å². The maximum Gasteiger partial charge on any atom is 0.252 e. The topological polar surface area (TPSA) is 29.1 Å². The summed E-state index contributed by atoms with van der Waals surface area (Å²) in [6.07, 6.45) is 0.954. The monoisotopic (exact) mass is 255 g/mol. The molecule has 0 saturated heterocycles. The molecular weight excluding hydrogens is 242 g/mol. The fourth-order valence-corrected chi connectivity index (χ4v) is 1.57. The Morgan fingerprint density at radius 2 is 2.21 bits per heavy atom. The molecule has 3 heteroatoms. The molecule has 2 nitrogen and oxygen atoms in total. The minimum absolute atomic E-state index is 0.0116. The molecular formula is C11H14BrNO. The average Bonchev–Trinajstić information content (AvgIpc) is 2.18. The predicted molar refractivity (Wildman–Crippen MR) is 61.5 cm³/mol. The van der Waals surface area contributed by atoms with Crippen LogP contribution in [0.4, 0.5) is 0 Å². The molecule has 0 heterocycles. The highest BCUT2D eigenvalue weighted by Gasteiger charge is 2.08. The molecule has 0 spiro atoms. The van der Waals surface area contributed by atoms with Gasteiger partial charge >= 0.3 is 0 Å². The lowest BCUT2D eigenvalue weighted by Gasteiger charge is -2.06. The second-order valence-electron chi connectivity index (χ2n) is 3.24. The summed E-state index contributed by atoms with van der Waals surface area (Å²) in [5.74, 6) is -0.0116. The quantitative estimate of drug-likeness (QED) is 0.885. The normalized spacial score (nSPS) is 9.93. The smallest absolute Gasteiger partial charge is 0.252 e. The third-order valence-corrected chi connectivity index (χ3v) is 2.59. The van der Waals surface area contributed by atoms with Crippen molar-refractivity contribution in [3.63, 3.8) is 0 Å². The summed E-state index contributed by atoms with van der Waals surface area (Å²) in [5.41, 5.74) is 1.80. The van der Waals surface area contributed by atoms with Crippen LogP contribution in [0.15, 0.2) is 22.7 Å². The molecule has 1 aromatic rings. The number of rotatable bonds is 3. The number of benzene rings is 1. The van der Waals surface area contributed by atoms with Gasteiger partial charge in [-0.05, 0) is 41.4 Å². The van der Waals surface area contributed by atoms with Crippen molar-refractivity contribution in [2.45, 2.75) is 20.3 Å². The Kier molecular flexibility index (Phi) is 4.14. The van der Waals surface area contributed by atoms with E-state index < -0.39 is 0 Å². The molecule has 76 valence electrons. The second kappa shape index (κ2) is 5.15. The van der Waals surface area contributed by atoms with Gasteiger partial charge in [-0.3, -0.25) is 4.79 Å². The largest absolute Gasteiger partial charge is 0.352 e. The summed E-state index contributed by atoms with van der Waals surface area (Å²) in [5, 5.41) is 2.85. The van der Waals surface area contributed by atoms with E-state index in [4.69, 9.17) is 0 Å². The van der Waals surface area contributed by atoms with Gasteiger partial charge in [0, 0.05) is 11.0 Å². The molecule has 1 aromatic carbocycles. The molecule has 0 unspecified atom stereocenters. The van der Waals surface area contributed by atoms with Crippen molar-refractivity contribution in [2.75, 3.05) is 6.54 Å². The Balaban J connectivity index is 2.83. The number of aryl methyl sites for hydroxylation is 1. The third kappa shape index (κ3) is 2.84. The van der Waals surface area contributed by atoms with E-state index in [-0.39, 0.29) is 5.91 Å². The molecule has 0 saturated carbocycles. The van der Waals surface area contributed by atoms with Crippen LogP contribution in [0.2, 0.25) is 0 Å². The highest BCUT2D eigenvalue weighted by Crippen LogP contribution is 2.17. The number of amides is 1. The molecule has 0 aromatic heterocycles. The fourth-order valence-electron chi connectivity index (χ4n) is 1.15. The van der Waals surface area contributed by atoms with E-state index in [1.807, 2.05) is 32.0 Å². The Morgan fingerprint density at radius 3 is 2.86 bits per heavy atom. The second-order valence-corrected chi connectivity index (χ2v) is 4.09. The first-order valence-electron chi connectivity index (χ1n) is 4.69. The van der Waals surface area contributed by atoms with Crippen LogP contribution in [0.1, 0.15) is 29.3 Å². The van der Waals surface area contributed by atoms with E-state index in [1.165, 1.54) is 0 Å². The zero-order valence-corrected chi connectivity index (χ0v) is 10.0. The first kappa shape index (κ1) is 11.2. The summed E-state index contributed by atoms with van der Waals surface area (Å²) < 4.78 is 0.844. The minimum Gasteiger partial charge on any atom is -0.352 e. The maximum atomic E-state index is 11.6. The molecule has 0 aliphatic heterocycles. The lowest BCUT2D eigenvalue weighted by molar-refractivity contribution is 0.0953. The lowest BCUT2D eigenvalue weighted by Crippen LogP contribution is -2.24. The van der Waals surface area contributed by atoms with Crippen LogP contribution >= 0.6 is 15.9 Å². The summed E-state index contributed by atoms with van der Waals surface area (Å²) in [4.78, 5) is 11.6. The molecule has 0 aliphatic rings. The number of carbonyl (C=O) groups is 1. The highest BCUT2D eigenvalue weighted by molar-refractivity contribution is 9.10. The van der Waals surface area contributed by atoms with E-state index >= 15 is 0 Å². The van der Waals surface area contributed by atoms with Crippen LogP contribution in [-0.2, 0) is 0 Å². The van der Waals surface area contributed by atoms with Gasteiger partial charge in [0.15, 0.2) is 0 Å². The number of halogens is 1. The molecule has 1 rings (SSSR count). The lowest BCUT2D eigenvalue weighted by atomic mass is 10.1. The number of carbonyl (C=O) groups excluding carboxylic acids is 1. The number of hydrogen-bond donors (Lipinski definition) is 1. The van der Waals surface area contributed by atoms with Gasteiger partial charge in [-0.2, -0.15) is 0 Å². The SMILES string of the molecule is CCCNC(=O)c1cc(C)ccc1Br. The number of nitrogens with one attached hydrogen (secondary N) is 1. The first-order valence-corrected chi connectivity index (χ1v) is 5.48. The molecule has 0 radical (unpaired) electrons. The highest BCUT2D eigenvalue weighted by atomic mass is 79.9. The van der Waals surface area contributed by atoms with Gasteiger partial charge in [0.1, 0.15) is 0 Å². The van der Waals surface area contributed by atoms with Crippen LogP contribution in [0.25, 0.3) is 0 Å². The van der Waals surface area contributed by atoms with Gasteiger partial charge in [0.25, 0.3) is 5.91 Å². The Labute approximate surface area is 92.8 Å². The van der Waals surface area contributed by atoms with E-state index in [2.05, 4.69) is 21.2 Å². The van der Waals surface area contributed by atoms with E-state index in [0.717, 1.165) is 23.0 Å². The van der Waals surface area contributed by atoms with Gasteiger partial charge < -0.3 is 5.32 Å². The molecule has 1 amide bonds. The summed E-state index contributed by atoms with van der Waals surface area (Å²) in [7, 11) is 0. The summed E-state index contributed by atoms with van der Waals surface area (Å²) >= 11 is 3.36. The van der Waals surface area contributed by atoms with Gasteiger partial charge in [-0.1, -0.05) is 18.6 Å². The van der Waals surface area contributed by atoms with Crippen molar-refractivity contribution in [3.05, 3.63) is 33.8 Å². The molecule has 0 fully saturated rings. The van der Waals surface area contributed by atoms with Crippen LogP contribution < -0.4 is 5.32 Å². The third-order valence-electron chi connectivity index (χ3n) is 1.90. The molecule has 14 heavy (non-hydrogen) atoms. The van der Waals surface area contributed by atoms with Crippen LogP contribution in [0.3, 0.4) is 0 Å². The standard InChI is InChI=1S/C11H14BrNO/c1-3-6-13-11(14)9-7-8(2)4-5-10(9)12/h4-5,7H,3,6H2,1-2H3,(H,13,14). The Bertz CT molecular complexity index is 336. The van der Waals surface area contributed by atoms with Crippen molar-refractivity contribution in [1.29, 1.82) is 0 Å². The maximum absolute atomic E-state index is 11.6. The minimum atomic E-state index is -0.0116. The van der Waals surface area contributed by atoms with Crippen molar-refractivity contribution in [3.8, 4) is 0 Å². The molecule has 1 N–H and O–H groups in total. The van der Waals surface area contributed by atoms with Crippen molar-refractivity contribution < 1.29 is 4.79 Å². The van der Waals surface area contributed by atoms with Gasteiger partial charge in [0.05, 0.1) is 5.56 Å². The summed E-state index contributed by atoms with van der Waals surface area (Å²) in [6.45, 7) is 4.73. The van der Waals surface area contributed by atoms with Gasteiger partial charge in [-0.25, -0.2) is 0 Å². The first-order chi connectivity index (χ1) is 6.65.